The van der Waals surface area contributed by atoms with Gasteiger partial charge in [-0.1, -0.05) is 5.18 Å². The van der Waals surface area contributed by atoms with E-state index in [0.717, 1.165) is 0 Å². The summed E-state index contributed by atoms with van der Waals surface area (Å²) in [6.45, 7) is -1.04. The van der Waals surface area contributed by atoms with Gasteiger partial charge in [-0.15, -0.1) is 0 Å². The number of nitrogens with one attached hydrogen (secondary N) is 1. The number of hydrogen-bond donors (Lipinski definition) is 3. The largest absolute Gasteiger partial charge is 0.471 e. The summed E-state index contributed by atoms with van der Waals surface area (Å²) in [5, 5.41) is 23.1. The van der Waals surface area contributed by atoms with Crippen LogP contribution in [0.1, 0.15) is 0 Å². The minimum absolute atomic E-state index is 0.333. The molecule has 1 amide bonds. The summed E-state index contributed by atoms with van der Waals surface area (Å²) in [5.41, 5.74) is -1.61. The number of fused-ring (bicyclic) bond motifs is 2. The van der Waals surface area contributed by atoms with Gasteiger partial charge < -0.3 is 25.0 Å². The molecule has 2 saturated heterocycles. The fourth-order valence-electron chi connectivity index (χ4n) is 2.24. The van der Waals surface area contributed by atoms with Crippen molar-refractivity contribution >= 4 is 5.91 Å². The molecule has 2 heterocycles. The highest BCUT2D eigenvalue weighted by atomic mass is 19.4. The van der Waals surface area contributed by atoms with Gasteiger partial charge in [-0.05, 0) is 0 Å². The fraction of sp³-hybridized carbons (Fsp3) is 0.889. The number of nitrogens with zero attached hydrogens (tertiary/aromatic N) is 1. The number of carbonyl (C=O) groups excluding carboxylic acids is 1. The molecule has 2 fully saturated rings. The van der Waals surface area contributed by atoms with Crippen LogP contribution in [0.4, 0.5) is 13.2 Å². The van der Waals surface area contributed by atoms with Crippen LogP contribution in [0, 0.1) is 4.91 Å². The van der Waals surface area contributed by atoms with Crippen LogP contribution in [0.25, 0.3) is 0 Å². The molecule has 2 aliphatic rings. The van der Waals surface area contributed by atoms with Crippen LogP contribution in [0.5, 0.6) is 0 Å². The van der Waals surface area contributed by atoms with E-state index in [1.807, 2.05) is 0 Å². The first kappa shape index (κ1) is 15.1. The van der Waals surface area contributed by atoms with Crippen LogP contribution < -0.4 is 5.32 Å². The van der Waals surface area contributed by atoms with Crippen molar-refractivity contribution in [1.82, 2.24) is 5.32 Å². The summed E-state index contributed by atoms with van der Waals surface area (Å²) in [6, 6.07) is -3.18. The van der Waals surface area contributed by atoms with Gasteiger partial charge in [-0.25, -0.2) is 0 Å². The quantitative estimate of drug-likeness (QED) is 0.555. The molecule has 0 aliphatic carbocycles. The van der Waals surface area contributed by atoms with Crippen LogP contribution in [-0.2, 0) is 14.3 Å². The molecule has 2 bridgehead atoms. The highest BCUT2D eigenvalue weighted by Crippen LogP contribution is 2.38. The molecule has 114 valence electrons. The molecule has 11 heteroatoms. The Bertz CT molecular complexity index is 419. The lowest BCUT2D eigenvalue weighted by Crippen LogP contribution is -2.66. The predicted octanol–water partition coefficient (Wildman–Crippen LogP) is -1.35. The van der Waals surface area contributed by atoms with Crippen LogP contribution in [0.3, 0.4) is 0 Å². The second-order valence-corrected chi connectivity index (χ2v) is 4.56. The Hall–Kier alpha value is -1.30. The van der Waals surface area contributed by atoms with Crippen molar-refractivity contribution in [3.8, 4) is 0 Å². The summed E-state index contributed by atoms with van der Waals surface area (Å²) in [4.78, 5) is 21.6. The molecule has 0 spiro atoms. The highest BCUT2D eigenvalue weighted by molar-refractivity contribution is 5.82. The number of aliphatic hydroxyl groups excluding tert-OH is 2. The minimum Gasteiger partial charge on any atom is -0.393 e. The van der Waals surface area contributed by atoms with Crippen LogP contribution >= 0.6 is 0 Å². The number of halogens is 3. The summed E-state index contributed by atoms with van der Waals surface area (Å²) >= 11 is 0. The average molecular weight is 300 g/mol. The zero-order valence-electron chi connectivity index (χ0n) is 9.83. The maximum Gasteiger partial charge on any atom is 0.471 e. The van der Waals surface area contributed by atoms with Crippen molar-refractivity contribution in [3.63, 3.8) is 0 Å². The van der Waals surface area contributed by atoms with Gasteiger partial charge in [0, 0.05) is 0 Å². The number of nitroso groups, excluding NO2 is 1. The molecule has 0 unspecified atom stereocenters. The number of aliphatic hydroxyl groups is 2. The van der Waals surface area contributed by atoms with E-state index in [1.165, 1.54) is 5.32 Å². The van der Waals surface area contributed by atoms with Gasteiger partial charge in [0.25, 0.3) is 0 Å². The SMILES string of the molecule is O=N[C@@H]1[C@H](O)[C@@H](NC(=O)C(F)(F)F)[C@H]2OC[C@]1(CO)O2. The van der Waals surface area contributed by atoms with Gasteiger partial charge >= 0.3 is 12.1 Å². The van der Waals surface area contributed by atoms with E-state index in [4.69, 9.17) is 9.47 Å². The second-order valence-electron chi connectivity index (χ2n) is 4.56. The molecule has 0 aromatic carbocycles. The maximum atomic E-state index is 12.2. The van der Waals surface area contributed by atoms with Gasteiger partial charge in [-0.2, -0.15) is 18.1 Å². The van der Waals surface area contributed by atoms with E-state index in [2.05, 4.69) is 5.18 Å². The first-order chi connectivity index (χ1) is 9.25. The van der Waals surface area contributed by atoms with E-state index in [1.54, 1.807) is 0 Å². The molecule has 0 aromatic heterocycles. The van der Waals surface area contributed by atoms with Crippen LogP contribution in [0.2, 0.25) is 0 Å². The third-order valence-electron chi connectivity index (χ3n) is 3.30. The lowest BCUT2D eigenvalue weighted by atomic mass is 9.86. The number of alkyl halides is 3. The van der Waals surface area contributed by atoms with E-state index >= 15 is 0 Å². The summed E-state index contributed by atoms with van der Waals surface area (Å²) in [5.74, 6) is -2.30. The number of rotatable bonds is 3. The molecule has 8 nitrogen and oxygen atoms in total. The molecule has 0 radical (unpaired) electrons. The van der Waals surface area contributed by atoms with E-state index in [0.29, 0.717) is 0 Å². The topological polar surface area (TPSA) is 117 Å². The van der Waals surface area contributed by atoms with E-state index < -0.39 is 48.8 Å². The number of carbonyl (C=O) groups is 1. The van der Waals surface area contributed by atoms with Crippen LogP contribution in [0.15, 0.2) is 5.18 Å². The molecule has 20 heavy (non-hydrogen) atoms. The number of hydrogen-bond acceptors (Lipinski definition) is 7. The second kappa shape index (κ2) is 4.91. The lowest BCUT2D eigenvalue weighted by molar-refractivity contribution is -0.202. The first-order valence-electron chi connectivity index (χ1n) is 5.53. The van der Waals surface area contributed by atoms with E-state index in [9.17, 15) is 33.1 Å². The molecule has 5 atom stereocenters. The normalized spacial score (nSPS) is 40.5. The van der Waals surface area contributed by atoms with E-state index in [-0.39, 0.29) is 6.61 Å². The molecule has 2 rings (SSSR count). The zero-order valence-corrected chi connectivity index (χ0v) is 9.83. The Morgan fingerprint density at radius 2 is 2.15 bits per heavy atom. The first-order valence-corrected chi connectivity index (χ1v) is 5.53. The van der Waals surface area contributed by atoms with Gasteiger partial charge in [-0.3, -0.25) is 4.79 Å². The summed E-state index contributed by atoms with van der Waals surface area (Å²) in [7, 11) is 0. The summed E-state index contributed by atoms with van der Waals surface area (Å²) < 4.78 is 46.7. The third-order valence-corrected chi connectivity index (χ3v) is 3.30. The van der Waals surface area contributed by atoms with Crippen molar-refractivity contribution in [2.75, 3.05) is 13.2 Å². The smallest absolute Gasteiger partial charge is 0.393 e. The number of ether oxygens (including phenoxy) is 2. The minimum atomic E-state index is -5.16. The standard InChI is InChI=1S/C9H11F3N2O6/c10-9(11,12)7(17)13-3-4(16)5(14-18)8(1-15)2-19-6(3)20-8/h3-6,15-16H,1-2H2,(H,13,17)/t3-,4-,5-,6+,8+/m1/s1. The van der Waals surface area contributed by atoms with Crippen molar-refractivity contribution in [1.29, 1.82) is 0 Å². The van der Waals surface area contributed by atoms with Crippen molar-refractivity contribution in [2.45, 2.75) is 36.3 Å². The van der Waals surface area contributed by atoms with Crippen molar-refractivity contribution in [2.24, 2.45) is 5.18 Å². The Balaban J connectivity index is 2.20. The highest BCUT2D eigenvalue weighted by Gasteiger charge is 2.61. The van der Waals surface area contributed by atoms with Crippen molar-refractivity contribution < 1.29 is 37.7 Å². The Kier molecular flexibility index (Phi) is 3.71. The lowest BCUT2D eigenvalue weighted by Gasteiger charge is -2.41. The molecule has 0 aromatic rings. The monoisotopic (exact) mass is 300 g/mol. The summed E-state index contributed by atoms with van der Waals surface area (Å²) in [6.07, 6.45) is -8.33. The Morgan fingerprint density at radius 3 is 2.65 bits per heavy atom. The van der Waals surface area contributed by atoms with Gasteiger partial charge in [0.05, 0.1) is 13.2 Å². The fourth-order valence-corrected chi connectivity index (χ4v) is 2.24. The Morgan fingerprint density at radius 1 is 1.50 bits per heavy atom. The molecular formula is C9H11F3N2O6. The van der Waals surface area contributed by atoms with Gasteiger partial charge in [0.15, 0.2) is 12.3 Å². The average Bonchev–Trinajstić information content (AvgIpc) is 2.76. The van der Waals surface area contributed by atoms with Gasteiger partial charge in [0.1, 0.15) is 17.7 Å². The maximum absolute atomic E-state index is 12.2. The van der Waals surface area contributed by atoms with Crippen molar-refractivity contribution in [3.05, 3.63) is 4.91 Å². The predicted molar refractivity (Wildman–Crippen MR) is 54.2 cm³/mol. The zero-order chi connectivity index (χ0) is 15.1. The third kappa shape index (κ3) is 2.26. The molecule has 0 saturated carbocycles. The molecular weight excluding hydrogens is 289 g/mol. The number of amides is 1. The Labute approximate surface area is 109 Å². The molecule has 2 aliphatic heterocycles. The van der Waals surface area contributed by atoms with Gasteiger partial charge in [0.2, 0.25) is 0 Å². The van der Waals surface area contributed by atoms with Crippen LogP contribution in [-0.4, -0.2) is 65.6 Å². The molecule has 3 N–H and O–H groups in total.